The van der Waals surface area contributed by atoms with Gasteiger partial charge in [-0.15, -0.1) is 0 Å². The Kier molecular flexibility index (Phi) is 5.68. The van der Waals surface area contributed by atoms with Crippen molar-refractivity contribution >= 4 is 34.8 Å². The predicted octanol–water partition coefficient (Wildman–Crippen LogP) is 4.42. The van der Waals surface area contributed by atoms with Gasteiger partial charge < -0.3 is 10.6 Å². The Balaban J connectivity index is 1.77. The largest absolute Gasteiger partial charge is 0.321 e. The molecule has 28 heavy (non-hydrogen) atoms. The highest BCUT2D eigenvalue weighted by molar-refractivity contribution is 6.31. The molecule has 2 amide bonds. The van der Waals surface area contributed by atoms with Crippen LogP contribution in [0, 0.1) is 18.3 Å². The van der Waals surface area contributed by atoms with Gasteiger partial charge in [-0.1, -0.05) is 29.8 Å². The second kappa shape index (κ2) is 8.33. The molecule has 1 aromatic heterocycles. The van der Waals surface area contributed by atoms with E-state index in [1.165, 1.54) is 12.1 Å². The first-order valence-corrected chi connectivity index (χ1v) is 8.71. The second-order valence-corrected chi connectivity index (χ2v) is 6.33. The summed E-state index contributed by atoms with van der Waals surface area (Å²) in [6.07, 6.45) is 0. The minimum atomic E-state index is -0.483. The number of amides is 2. The van der Waals surface area contributed by atoms with Gasteiger partial charge in [0, 0.05) is 16.4 Å². The molecule has 0 saturated heterocycles. The summed E-state index contributed by atoms with van der Waals surface area (Å²) in [5.41, 5.74) is 2.38. The monoisotopic (exact) mass is 390 g/mol. The maximum atomic E-state index is 12.5. The smallest absolute Gasteiger partial charge is 0.274 e. The molecule has 138 valence electrons. The number of carbonyl (C=O) groups excluding carboxylic acids is 2. The summed E-state index contributed by atoms with van der Waals surface area (Å²) in [4.78, 5) is 29.1. The molecule has 3 aromatic rings. The quantitative estimate of drug-likeness (QED) is 0.689. The average Bonchev–Trinajstić information content (AvgIpc) is 2.71. The molecule has 2 N–H and O–H groups in total. The van der Waals surface area contributed by atoms with E-state index in [4.69, 9.17) is 16.9 Å². The van der Waals surface area contributed by atoms with E-state index in [2.05, 4.69) is 15.6 Å². The predicted molar refractivity (Wildman–Crippen MR) is 107 cm³/mol. The van der Waals surface area contributed by atoms with Gasteiger partial charge in [-0.05, 0) is 55.0 Å². The summed E-state index contributed by atoms with van der Waals surface area (Å²) in [5.74, 6) is -0.935. The SMILES string of the molecule is Cc1c(Cl)cccc1NC(=O)c1cccc(C(=O)Nc2cccc(C#N)c2)n1. The molecule has 3 rings (SSSR count). The molecule has 0 radical (unpaired) electrons. The summed E-state index contributed by atoms with van der Waals surface area (Å²) in [5, 5.41) is 14.9. The van der Waals surface area contributed by atoms with Crippen molar-refractivity contribution in [3.63, 3.8) is 0 Å². The molecular weight excluding hydrogens is 376 g/mol. The van der Waals surface area contributed by atoms with E-state index in [1.54, 1.807) is 55.5 Å². The molecule has 0 saturated carbocycles. The number of anilines is 2. The van der Waals surface area contributed by atoms with Crippen LogP contribution in [0.2, 0.25) is 5.02 Å². The number of rotatable bonds is 4. The van der Waals surface area contributed by atoms with E-state index in [1.807, 2.05) is 6.07 Å². The van der Waals surface area contributed by atoms with Crippen molar-refractivity contribution in [3.05, 3.63) is 88.2 Å². The van der Waals surface area contributed by atoms with Crippen LogP contribution in [0.3, 0.4) is 0 Å². The lowest BCUT2D eigenvalue weighted by atomic mass is 10.2. The first-order chi connectivity index (χ1) is 13.5. The van der Waals surface area contributed by atoms with Crippen molar-refractivity contribution in [2.24, 2.45) is 0 Å². The number of nitrogens with one attached hydrogen (secondary N) is 2. The van der Waals surface area contributed by atoms with E-state index in [9.17, 15) is 9.59 Å². The standard InChI is InChI=1S/C21H15ClN4O2/c1-13-16(22)7-3-8-17(13)26-21(28)19-10-4-9-18(25-19)20(27)24-15-6-2-5-14(11-15)12-23/h2-11H,1H3,(H,24,27)(H,26,28). The summed E-state index contributed by atoms with van der Waals surface area (Å²) in [7, 11) is 0. The van der Waals surface area contributed by atoms with Crippen LogP contribution in [0.5, 0.6) is 0 Å². The fraction of sp³-hybridized carbons (Fsp3) is 0.0476. The number of pyridine rings is 1. The van der Waals surface area contributed by atoms with Gasteiger partial charge in [0.25, 0.3) is 11.8 Å². The molecule has 6 nitrogen and oxygen atoms in total. The lowest BCUT2D eigenvalue weighted by molar-refractivity contribution is 0.101. The van der Waals surface area contributed by atoms with Gasteiger partial charge in [-0.3, -0.25) is 9.59 Å². The van der Waals surface area contributed by atoms with Crippen LogP contribution in [-0.2, 0) is 0 Å². The van der Waals surface area contributed by atoms with Crippen molar-refractivity contribution in [2.75, 3.05) is 10.6 Å². The van der Waals surface area contributed by atoms with E-state index in [0.29, 0.717) is 22.0 Å². The van der Waals surface area contributed by atoms with Gasteiger partial charge in [-0.2, -0.15) is 5.26 Å². The second-order valence-electron chi connectivity index (χ2n) is 5.92. The number of benzene rings is 2. The number of halogens is 1. The molecule has 1 heterocycles. The first kappa shape index (κ1) is 19.1. The van der Waals surface area contributed by atoms with Gasteiger partial charge in [0.05, 0.1) is 11.6 Å². The molecule has 0 fully saturated rings. The van der Waals surface area contributed by atoms with Crippen molar-refractivity contribution in [2.45, 2.75) is 6.92 Å². The lowest BCUT2D eigenvalue weighted by Gasteiger charge is -2.10. The number of hydrogen-bond acceptors (Lipinski definition) is 4. The van der Waals surface area contributed by atoms with Crippen molar-refractivity contribution in [3.8, 4) is 6.07 Å². The fourth-order valence-corrected chi connectivity index (χ4v) is 2.65. The van der Waals surface area contributed by atoms with E-state index >= 15 is 0 Å². The average molecular weight is 391 g/mol. The van der Waals surface area contributed by atoms with Crippen LogP contribution < -0.4 is 10.6 Å². The van der Waals surface area contributed by atoms with Crippen molar-refractivity contribution in [1.82, 2.24) is 4.98 Å². The molecule has 0 bridgehead atoms. The molecule has 2 aromatic carbocycles. The van der Waals surface area contributed by atoms with Crippen LogP contribution in [-0.4, -0.2) is 16.8 Å². The third-order valence-electron chi connectivity index (χ3n) is 3.98. The summed E-state index contributed by atoms with van der Waals surface area (Å²) in [6, 6.07) is 18.3. The van der Waals surface area contributed by atoms with Crippen molar-refractivity contribution in [1.29, 1.82) is 5.26 Å². The molecule has 7 heteroatoms. The number of aromatic nitrogens is 1. The Labute approximate surface area is 166 Å². The molecule has 0 aliphatic heterocycles. The third kappa shape index (κ3) is 4.34. The normalized spacial score (nSPS) is 10.0. The minimum Gasteiger partial charge on any atom is -0.321 e. The maximum absolute atomic E-state index is 12.5. The van der Waals surface area contributed by atoms with E-state index in [-0.39, 0.29) is 11.4 Å². The Bertz CT molecular complexity index is 1110. The highest BCUT2D eigenvalue weighted by Gasteiger charge is 2.14. The number of nitriles is 1. The maximum Gasteiger partial charge on any atom is 0.274 e. The molecule has 0 unspecified atom stereocenters. The van der Waals surface area contributed by atoms with Gasteiger partial charge in [0.1, 0.15) is 11.4 Å². The van der Waals surface area contributed by atoms with Gasteiger partial charge in [0.2, 0.25) is 0 Å². The summed E-state index contributed by atoms with van der Waals surface area (Å²) < 4.78 is 0. The molecule has 0 spiro atoms. The van der Waals surface area contributed by atoms with Crippen LogP contribution >= 0.6 is 11.6 Å². The third-order valence-corrected chi connectivity index (χ3v) is 4.39. The van der Waals surface area contributed by atoms with Crippen LogP contribution in [0.4, 0.5) is 11.4 Å². The molecular formula is C21H15ClN4O2. The van der Waals surface area contributed by atoms with Gasteiger partial charge >= 0.3 is 0 Å². The zero-order chi connectivity index (χ0) is 20.1. The number of nitrogens with zero attached hydrogens (tertiary/aromatic N) is 2. The van der Waals surface area contributed by atoms with Crippen LogP contribution in [0.25, 0.3) is 0 Å². The fourth-order valence-electron chi connectivity index (χ4n) is 2.48. The molecule has 0 aliphatic carbocycles. The first-order valence-electron chi connectivity index (χ1n) is 8.33. The van der Waals surface area contributed by atoms with E-state index in [0.717, 1.165) is 5.56 Å². The zero-order valence-electron chi connectivity index (χ0n) is 14.9. The lowest BCUT2D eigenvalue weighted by Crippen LogP contribution is -2.18. The Morgan fingerprint density at radius 3 is 2.32 bits per heavy atom. The minimum absolute atomic E-state index is 0.0813. The molecule has 0 aliphatic rings. The van der Waals surface area contributed by atoms with Crippen LogP contribution in [0.1, 0.15) is 32.1 Å². The Morgan fingerprint density at radius 2 is 1.61 bits per heavy atom. The Morgan fingerprint density at radius 1 is 0.964 bits per heavy atom. The molecule has 0 atom stereocenters. The summed E-state index contributed by atoms with van der Waals surface area (Å²) >= 11 is 6.07. The number of carbonyl (C=O) groups is 2. The van der Waals surface area contributed by atoms with Gasteiger partial charge in [-0.25, -0.2) is 4.98 Å². The Hall–Kier alpha value is -3.69. The zero-order valence-corrected chi connectivity index (χ0v) is 15.6. The highest BCUT2D eigenvalue weighted by Crippen LogP contribution is 2.23. The van der Waals surface area contributed by atoms with Crippen molar-refractivity contribution < 1.29 is 9.59 Å². The van der Waals surface area contributed by atoms with Gasteiger partial charge in [0.15, 0.2) is 0 Å². The number of hydrogen-bond donors (Lipinski definition) is 2. The van der Waals surface area contributed by atoms with E-state index < -0.39 is 11.8 Å². The highest BCUT2D eigenvalue weighted by atomic mass is 35.5. The topological polar surface area (TPSA) is 94.9 Å². The summed E-state index contributed by atoms with van der Waals surface area (Å²) in [6.45, 7) is 1.80. The van der Waals surface area contributed by atoms with Crippen LogP contribution in [0.15, 0.2) is 60.7 Å².